The third-order valence-electron chi connectivity index (χ3n) is 5.70. The Morgan fingerprint density at radius 3 is 2.24 bits per heavy atom. The number of hydrogen-bond acceptors (Lipinski definition) is 2. The second-order valence-corrected chi connectivity index (χ2v) is 7.01. The van der Waals surface area contributed by atoms with Gasteiger partial charge in [-0.15, -0.1) is 0 Å². The molecule has 0 saturated heterocycles. The van der Waals surface area contributed by atoms with Crippen LogP contribution < -0.4 is 5.32 Å². The highest BCUT2D eigenvalue weighted by Crippen LogP contribution is 2.40. The molecular weight excluding hydrogens is 266 g/mol. The number of amides is 1. The summed E-state index contributed by atoms with van der Waals surface area (Å²) in [4.78, 5) is 23.2. The molecule has 0 aromatic heterocycles. The van der Waals surface area contributed by atoms with Crippen LogP contribution in [0.15, 0.2) is 12.2 Å². The number of carbonyl (C=O) groups is 2. The molecule has 4 rings (SSSR count). The molecule has 21 heavy (non-hydrogen) atoms. The van der Waals surface area contributed by atoms with E-state index in [9.17, 15) is 9.59 Å². The summed E-state index contributed by atoms with van der Waals surface area (Å²) in [5.74, 6) is 1.20. The zero-order valence-electron chi connectivity index (χ0n) is 12.5. The Kier molecular flexibility index (Phi) is 4.32. The van der Waals surface area contributed by atoms with Gasteiger partial charge in [0.15, 0.2) is 0 Å². The predicted octanol–water partition coefficient (Wildman–Crippen LogP) is 2.60. The van der Waals surface area contributed by atoms with E-state index in [0.29, 0.717) is 24.7 Å². The van der Waals surface area contributed by atoms with Crippen LogP contribution in [-0.2, 0) is 9.59 Å². The van der Waals surface area contributed by atoms with Crippen molar-refractivity contribution in [3.63, 3.8) is 0 Å². The van der Waals surface area contributed by atoms with Gasteiger partial charge < -0.3 is 10.4 Å². The van der Waals surface area contributed by atoms with Crippen molar-refractivity contribution in [3.8, 4) is 0 Å². The molecule has 2 N–H and O–H groups in total. The Morgan fingerprint density at radius 1 is 1.00 bits per heavy atom. The summed E-state index contributed by atoms with van der Waals surface area (Å²) in [6, 6.07) is 0. The van der Waals surface area contributed by atoms with E-state index in [2.05, 4.69) is 17.5 Å². The van der Waals surface area contributed by atoms with Gasteiger partial charge in [-0.1, -0.05) is 12.2 Å². The number of hydrogen-bond donors (Lipinski definition) is 2. The van der Waals surface area contributed by atoms with Gasteiger partial charge in [0, 0.05) is 12.5 Å². The largest absolute Gasteiger partial charge is 0.481 e. The van der Waals surface area contributed by atoms with Crippen LogP contribution in [0.5, 0.6) is 0 Å². The molecule has 116 valence electrons. The summed E-state index contributed by atoms with van der Waals surface area (Å²) in [7, 11) is 0. The van der Waals surface area contributed by atoms with Gasteiger partial charge in [0.25, 0.3) is 0 Å². The van der Waals surface area contributed by atoms with Crippen molar-refractivity contribution in [1.82, 2.24) is 5.32 Å². The molecule has 3 unspecified atom stereocenters. The fourth-order valence-corrected chi connectivity index (χ4v) is 4.27. The second-order valence-electron chi connectivity index (χ2n) is 7.01. The average molecular weight is 291 g/mol. The van der Waals surface area contributed by atoms with Gasteiger partial charge in [-0.3, -0.25) is 9.59 Å². The lowest BCUT2D eigenvalue weighted by Crippen LogP contribution is -2.40. The maximum atomic E-state index is 12.2. The number of rotatable bonds is 4. The summed E-state index contributed by atoms with van der Waals surface area (Å²) in [6.07, 6.45) is 11.2. The summed E-state index contributed by atoms with van der Waals surface area (Å²) in [5, 5.41) is 12.1. The highest BCUT2D eigenvalue weighted by molar-refractivity contribution is 5.79. The number of allylic oxidation sites excluding steroid dienone is 2. The van der Waals surface area contributed by atoms with Gasteiger partial charge >= 0.3 is 5.97 Å². The summed E-state index contributed by atoms with van der Waals surface area (Å²) in [6.45, 7) is 0.795. The fourth-order valence-electron chi connectivity index (χ4n) is 4.27. The first-order chi connectivity index (χ1) is 10.1. The number of carbonyl (C=O) groups excluding carboxylic acids is 1. The van der Waals surface area contributed by atoms with Crippen LogP contribution in [0.1, 0.15) is 44.9 Å². The van der Waals surface area contributed by atoms with Crippen molar-refractivity contribution in [1.29, 1.82) is 0 Å². The highest BCUT2D eigenvalue weighted by Gasteiger charge is 2.33. The van der Waals surface area contributed by atoms with E-state index in [4.69, 9.17) is 5.11 Å². The van der Waals surface area contributed by atoms with Crippen LogP contribution in [0.3, 0.4) is 0 Å². The standard InChI is InChI=1S/C17H25NO3/c19-16(13-5-7-14(8-6-13)17(20)21)18-10-15-9-11-1-3-12(15)4-2-11/h1,3,11-15H,2,4-10H2,(H,18,19)(H,20,21). The zero-order valence-corrected chi connectivity index (χ0v) is 12.5. The summed E-state index contributed by atoms with van der Waals surface area (Å²) in [5.41, 5.74) is 0. The number of nitrogens with one attached hydrogen (secondary N) is 1. The van der Waals surface area contributed by atoms with Crippen LogP contribution >= 0.6 is 0 Å². The first kappa shape index (κ1) is 14.6. The van der Waals surface area contributed by atoms with Crippen LogP contribution in [0.25, 0.3) is 0 Å². The number of carboxylic acid groups (broad SMARTS) is 1. The molecule has 2 bridgehead atoms. The monoisotopic (exact) mass is 291 g/mol. The van der Waals surface area contributed by atoms with Gasteiger partial charge in [0.05, 0.1) is 5.92 Å². The molecule has 0 aromatic rings. The number of aliphatic carboxylic acids is 1. The second kappa shape index (κ2) is 6.20. The van der Waals surface area contributed by atoms with Crippen LogP contribution in [0.2, 0.25) is 0 Å². The lowest BCUT2D eigenvalue weighted by Gasteiger charge is -2.38. The quantitative estimate of drug-likeness (QED) is 0.782. The van der Waals surface area contributed by atoms with Crippen molar-refractivity contribution >= 4 is 11.9 Å². The van der Waals surface area contributed by atoms with Crippen LogP contribution in [0, 0.1) is 29.6 Å². The van der Waals surface area contributed by atoms with Gasteiger partial charge in [-0.25, -0.2) is 0 Å². The molecule has 0 aliphatic heterocycles. The minimum Gasteiger partial charge on any atom is -0.481 e. The normalized spacial score (nSPS) is 38.2. The molecule has 0 spiro atoms. The van der Waals surface area contributed by atoms with E-state index in [1.807, 2.05) is 0 Å². The molecule has 0 radical (unpaired) electrons. The fraction of sp³-hybridized carbons (Fsp3) is 0.765. The molecule has 4 aliphatic carbocycles. The Morgan fingerprint density at radius 2 is 1.71 bits per heavy atom. The molecule has 1 amide bonds. The molecule has 4 aliphatic rings. The van der Waals surface area contributed by atoms with E-state index < -0.39 is 5.97 Å². The third-order valence-corrected chi connectivity index (χ3v) is 5.70. The molecule has 0 heterocycles. The van der Waals surface area contributed by atoms with E-state index >= 15 is 0 Å². The van der Waals surface area contributed by atoms with Crippen molar-refractivity contribution in [2.24, 2.45) is 29.6 Å². The van der Waals surface area contributed by atoms with Gasteiger partial charge in [0.1, 0.15) is 0 Å². The van der Waals surface area contributed by atoms with E-state index in [1.165, 1.54) is 19.3 Å². The Hall–Kier alpha value is -1.32. The van der Waals surface area contributed by atoms with Crippen molar-refractivity contribution < 1.29 is 14.7 Å². The van der Waals surface area contributed by atoms with Gasteiger partial charge in [-0.05, 0) is 62.7 Å². The Labute approximate surface area is 126 Å². The maximum Gasteiger partial charge on any atom is 0.306 e. The van der Waals surface area contributed by atoms with Gasteiger partial charge in [0.2, 0.25) is 5.91 Å². The maximum absolute atomic E-state index is 12.2. The van der Waals surface area contributed by atoms with Crippen molar-refractivity contribution in [2.75, 3.05) is 6.54 Å². The summed E-state index contributed by atoms with van der Waals surface area (Å²) < 4.78 is 0. The SMILES string of the molecule is O=C(O)C1CCC(C(=O)NCC2CC3C=CC2CC3)CC1. The molecular formula is C17H25NO3. The molecule has 3 atom stereocenters. The minimum atomic E-state index is -0.709. The lowest BCUT2D eigenvalue weighted by atomic mass is 9.69. The molecule has 0 aromatic carbocycles. The smallest absolute Gasteiger partial charge is 0.306 e. The Balaban J connectivity index is 1.43. The lowest BCUT2D eigenvalue weighted by molar-refractivity contribution is -0.144. The Bertz CT molecular complexity index is 437. The molecule has 4 heteroatoms. The number of fused-ring (bicyclic) bond motifs is 2. The zero-order chi connectivity index (χ0) is 14.8. The molecule has 2 saturated carbocycles. The highest BCUT2D eigenvalue weighted by atomic mass is 16.4. The van der Waals surface area contributed by atoms with Crippen molar-refractivity contribution in [2.45, 2.75) is 44.9 Å². The number of carboxylic acids is 1. The van der Waals surface area contributed by atoms with Crippen LogP contribution in [0.4, 0.5) is 0 Å². The third kappa shape index (κ3) is 3.30. The molecule has 2 fully saturated rings. The molecule has 4 nitrogen and oxygen atoms in total. The van der Waals surface area contributed by atoms with E-state index in [-0.39, 0.29) is 17.7 Å². The van der Waals surface area contributed by atoms with Gasteiger partial charge in [-0.2, -0.15) is 0 Å². The first-order valence-corrected chi connectivity index (χ1v) is 8.32. The first-order valence-electron chi connectivity index (χ1n) is 8.32. The summed E-state index contributed by atoms with van der Waals surface area (Å²) >= 11 is 0. The minimum absolute atomic E-state index is 0.0249. The van der Waals surface area contributed by atoms with Crippen LogP contribution in [-0.4, -0.2) is 23.5 Å². The van der Waals surface area contributed by atoms with Crippen molar-refractivity contribution in [3.05, 3.63) is 12.2 Å². The van der Waals surface area contributed by atoms with E-state index in [0.717, 1.165) is 25.3 Å². The van der Waals surface area contributed by atoms with E-state index in [1.54, 1.807) is 0 Å². The predicted molar refractivity (Wildman–Crippen MR) is 79.6 cm³/mol. The topological polar surface area (TPSA) is 66.4 Å². The average Bonchev–Trinajstić information content (AvgIpc) is 2.54.